The number of halogens is 8. The van der Waals surface area contributed by atoms with Gasteiger partial charge in [0.2, 0.25) is 11.8 Å². The van der Waals surface area contributed by atoms with Crippen molar-refractivity contribution < 1.29 is 65.1 Å². The zero-order valence-corrected chi connectivity index (χ0v) is 48.8. The average molecular weight is 1250 g/mol. The molecular formula is C64H52Cl2F6N8O8. The number of pyridine rings is 4. The maximum atomic E-state index is 15.6. The molecule has 8 heterocycles. The third kappa shape index (κ3) is 12.7. The van der Waals surface area contributed by atoms with Gasteiger partial charge in [-0.05, 0) is 83.9 Å². The van der Waals surface area contributed by atoms with Crippen molar-refractivity contribution in [2.24, 2.45) is 10.8 Å². The van der Waals surface area contributed by atoms with Crippen LogP contribution in [0.3, 0.4) is 0 Å². The number of carbonyl (C=O) groups is 2. The lowest BCUT2D eigenvalue weighted by molar-refractivity contribution is 0.0686. The number of hydrogen-bond donors (Lipinski definition) is 2. The number of benzene rings is 4. The van der Waals surface area contributed by atoms with Gasteiger partial charge in [-0.3, -0.25) is 0 Å². The highest BCUT2D eigenvalue weighted by Crippen LogP contribution is 2.43. The van der Waals surface area contributed by atoms with E-state index < -0.39 is 46.8 Å². The fraction of sp³-hybridized carbons (Fsp3) is 0.250. The van der Waals surface area contributed by atoms with E-state index in [1.54, 1.807) is 36.4 Å². The van der Waals surface area contributed by atoms with Crippen LogP contribution in [0.5, 0.6) is 11.8 Å². The molecule has 2 aliphatic heterocycles. The molecule has 10 aromatic rings. The number of aromatic carboxylic acids is 2. The van der Waals surface area contributed by atoms with Gasteiger partial charge < -0.3 is 38.3 Å². The molecule has 2 fully saturated rings. The maximum absolute atomic E-state index is 15.6. The first-order chi connectivity index (χ1) is 42.0. The molecule has 2 N–H and O–H groups in total. The second kappa shape index (κ2) is 24.7. The van der Waals surface area contributed by atoms with Gasteiger partial charge in [-0.2, -0.15) is 0 Å². The van der Waals surface area contributed by atoms with E-state index in [1.807, 2.05) is 36.8 Å². The fourth-order valence-electron chi connectivity index (χ4n) is 10.7. The summed E-state index contributed by atoms with van der Waals surface area (Å²) in [5, 5.41) is 19.2. The van der Waals surface area contributed by atoms with E-state index in [0.717, 1.165) is 36.4 Å². The van der Waals surface area contributed by atoms with Crippen LogP contribution in [0.15, 0.2) is 122 Å². The van der Waals surface area contributed by atoms with E-state index >= 15 is 17.6 Å². The Bertz CT molecular complexity index is 4100. The molecule has 0 amide bonds. The van der Waals surface area contributed by atoms with Crippen molar-refractivity contribution in [3.8, 4) is 34.3 Å². The van der Waals surface area contributed by atoms with Gasteiger partial charge >= 0.3 is 11.9 Å². The average Bonchev–Trinajstić information content (AvgIpc) is 1.84. The molecule has 2 aliphatic rings. The Morgan fingerprint density at radius 1 is 0.534 bits per heavy atom. The monoisotopic (exact) mass is 1240 g/mol. The van der Waals surface area contributed by atoms with Gasteiger partial charge in [-0.15, -0.1) is 0 Å². The van der Waals surface area contributed by atoms with Crippen molar-refractivity contribution in [2.45, 2.75) is 65.8 Å². The standard InChI is InChI=1S/2C32H26ClF3N4O4/c2*1-32(2)16-43-15-27(32)40-26-9-17(31(41)42)6-7-25(26)38-29(40)10-18-8-23(36)20(11-21(18)34)24-4-3-5-30(39-24)44-14-19-13-37-28(33)12-22(19)35/h2*3-9,11-13,27H,10,14-16H2,1-2H3,(H,41,42). The molecule has 88 heavy (non-hydrogen) atoms. The summed E-state index contributed by atoms with van der Waals surface area (Å²) in [7, 11) is 0. The molecule has 2 atom stereocenters. The van der Waals surface area contributed by atoms with Crippen LogP contribution in [0.4, 0.5) is 26.3 Å². The molecule has 0 aliphatic carbocycles. The summed E-state index contributed by atoms with van der Waals surface area (Å²) in [6, 6.07) is 24.5. The van der Waals surface area contributed by atoms with Crippen LogP contribution < -0.4 is 9.47 Å². The molecule has 6 aromatic heterocycles. The minimum absolute atomic E-state index is 0.00767. The smallest absolute Gasteiger partial charge is 0.335 e. The summed E-state index contributed by atoms with van der Waals surface area (Å²) in [5.74, 6) is -5.04. The lowest BCUT2D eigenvalue weighted by atomic mass is 9.87. The predicted octanol–water partition coefficient (Wildman–Crippen LogP) is 14.1. The molecule has 0 spiro atoms. The van der Waals surface area contributed by atoms with Crippen molar-refractivity contribution in [1.29, 1.82) is 0 Å². The lowest BCUT2D eigenvalue weighted by Gasteiger charge is -2.28. The SMILES string of the molecule is CC1(C)COCC1n1c(Cc2cc(F)c(-c3cccc(OCc4cnc(Cl)cc4F)n3)cc2F)nc2ccc(C(=O)O)cc21.CC1(C)COCC1n1c(Cc2cc(F)c(-c3cccc(OCc4cnc(Cl)cc4F)n3)cc2F)nc2ccc(C(=O)O)cc21. The Morgan fingerprint density at radius 3 is 1.30 bits per heavy atom. The molecule has 16 nitrogen and oxygen atoms in total. The zero-order chi connectivity index (χ0) is 62.3. The number of imidazole rings is 2. The number of carboxylic acid groups (broad SMARTS) is 2. The van der Waals surface area contributed by atoms with Gasteiger partial charge in [-0.25, -0.2) is 65.8 Å². The van der Waals surface area contributed by atoms with Gasteiger partial charge in [0.25, 0.3) is 0 Å². The number of hydrogen-bond acceptors (Lipinski definition) is 12. The molecule has 0 bridgehead atoms. The van der Waals surface area contributed by atoms with Gasteiger partial charge in [0.15, 0.2) is 0 Å². The molecule has 2 saturated heterocycles. The van der Waals surface area contributed by atoms with Crippen molar-refractivity contribution in [2.75, 3.05) is 26.4 Å². The van der Waals surface area contributed by atoms with Crippen molar-refractivity contribution in [3.05, 3.63) is 212 Å². The van der Waals surface area contributed by atoms with Crippen LogP contribution in [-0.2, 0) is 35.5 Å². The zero-order valence-electron chi connectivity index (χ0n) is 47.3. The van der Waals surface area contributed by atoms with E-state index in [2.05, 4.69) is 19.9 Å². The Balaban J connectivity index is 0.000000182. The van der Waals surface area contributed by atoms with Gasteiger partial charge in [-0.1, -0.05) is 63.0 Å². The highest BCUT2D eigenvalue weighted by Gasteiger charge is 2.41. The Morgan fingerprint density at radius 2 is 0.932 bits per heavy atom. The minimum Gasteiger partial charge on any atom is -0.478 e. The van der Waals surface area contributed by atoms with Crippen LogP contribution in [0.25, 0.3) is 44.6 Å². The highest BCUT2D eigenvalue weighted by atomic mass is 35.5. The summed E-state index contributed by atoms with van der Waals surface area (Å²) in [6.07, 6.45) is 2.39. The van der Waals surface area contributed by atoms with Crippen molar-refractivity contribution >= 4 is 57.2 Å². The van der Waals surface area contributed by atoms with Crippen molar-refractivity contribution in [3.63, 3.8) is 0 Å². The van der Waals surface area contributed by atoms with Crippen LogP contribution in [0.1, 0.15) is 94.4 Å². The first-order valence-electron chi connectivity index (χ1n) is 27.4. The number of carboxylic acids is 2. The van der Waals surface area contributed by atoms with E-state index in [0.29, 0.717) is 60.1 Å². The molecule has 452 valence electrons. The fourth-order valence-corrected chi connectivity index (χ4v) is 11.0. The number of rotatable bonds is 16. The highest BCUT2D eigenvalue weighted by molar-refractivity contribution is 6.29. The Hall–Kier alpha value is -8.96. The summed E-state index contributed by atoms with van der Waals surface area (Å²) < 4.78 is 117. The van der Waals surface area contributed by atoms with Gasteiger partial charge in [0, 0.05) is 82.6 Å². The van der Waals surface area contributed by atoms with Crippen LogP contribution in [0, 0.1) is 45.7 Å². The molecule has 2 unspecified atom stereocenters. The molecule has 12 rings (SSSR count). The molecular weight excluding hydrogens is 1190 g/mol. The first-order valence-corrected chi connectivity index (χ1v) is 28.2. The minimum atomic E-state index is -1.08. The second-order valence-electron chi connectivity index (χ2n) is 22.5. The maximum Gasteiger partial charge on any atom is 0.335 e. The Labute approximate surface area is 508 Å². The first kappa shape index (κ1) is 60.7. The number of nitrogens with zero attached hydrogens (tertiary/aromatic N) is 8. The van der Waals surface area contributed by atoms with E-state index in [1.165, 1.54) is 48.8 Å². The third-order valence-corrected chi connectivity index (χ3v) is 15.9. The van der Waals surface area contributed by atoms with E-state index in [9.17, 15) is 28.6 Å². The molecule has 24 heteroatoms. The molecule has 0 radical (unpaired) electrons. The summed E-state index contributed by atoms with van der Waals surface area (Å²) in [6.45, 7) is 9.43. The second-order valence-corrected chi connectivity index (χ2v) is 23.3. The normalized spacial score (nSPS) is 16.0. The third-order valence-electron chi connectivity index (χ3n) is 15.5. The molecule has 0 saturated carbocycles. The van der Waals surface area contributed by atoms with Crippen LogP contribution in [0.2, 0.25) is 10.3 Å². The topological polar surface area (TPSA) is 199 Å². The van der Waals surface area contributed by atoms with Gasteiger partial charge in [0.1, 0.15) is 70.1 Å². The number of ether oxygens (including phenoxy) is 4. The van der Waals surface area contributed by atoms with Crippen LogP contribution in [-0.4, -0.2) is 87.6 Å². The Kier molecular flexibility index (Phi) is 17.0. The van der Waals surface area contributed by atoms with Gasteiger partial charge in [0.05, 0.1) is 83.1 Å². The number of fused-ring (bicyclic) bond motifs is 2. The van der Waals surface area contributed by atoms with E-state index in [4.69, 9.17) is 52.1 Å². The summed E-state index contributed by atoms with van der Waals surface area (Å²) >= 11 is 11.4. The van der Waals surface area contributed by atoms with Crippen LogP contribution >= 0.6 is 23.2 Å². The lowest BCUT2D eigenvalue weighted by Crippen LogP contribution is -2.27. The molecule has 4 aromatic carbocycles. The predicted molar refractivity (Wildman–Crippen MR) is 313 cm³/mol. The summed E-state index contributed by atoms with van der Waals surface area (Å²) in [5.41, 5.74) is 2.32. The number of aromatic nitrogens is 8. The largest absolute Gasteiger partial charge is 0.478 e. The van der Waals surface area contributed by atoms with E-state index in [-0.39, 0.29) is 127 Å². The quantitative estimate of drug-likeness (QED) is 0.0684. The van der Waals surface area contributed by atoms with Crippen molar-refractivity contribution in [1.82, 2.24) is 39.0 Å². The summed E-state index contributed by atoms with van der Waals surface area (Å²) in [4.78, 5) is 49.0.